The Hall–Kier alpha value is -2.43. The molecule has 10 heteroatoms. The lowest BCUT2D eigenvalue weighted by Crippen LogP contribution is -2.48. The number of hydrogen-bond donors (Lipinski definition) is 0. The summed E-state index contributed by atoms with van der Waals surface area (Å²) in [6.07, 6.45) is 0. The molecule has 1 aliphatic heterocycles. The summed E-state index contributed by atoms with van der Waals surface area (Å²) in [4.78, 5) is 11.8. The van der Waals surface area contributed by atoms with Gasteiger partial charge in [0.15, 0.2) is 0 Å². The number of halogens is 2. The lowest BCUT2D eigenvalue weighted by Gasteiger charge is -2.33. The van der Waals surface area contributed by atoms with Crippen molar-refractivity contribution < 1.29 is 22.1 Å². The molecular formula is C17H17F2N3O4S. The lowest BCUT2D eigenvalue weighted by molar-refractivity contribution is -0.385. The van der Waals surface area contributed by atoms with Gasteiger partial charge in [0.25, 0.3) is 5.69 Å². The first-order valence-electron chi connectivity index (χ1n) is 8.19. The molecule has 0 unspecified atom stereocenters. The Bertz CT molecular complexity index is 960. The SMILES string of the molecule is O=[N+]([O-])c1ccccc1CN1CCN(S(=O)(=O)c2cc(F)ccc2F)CC1. The zero-order chi connectivity index (χ0) is 19.6. The summed E-state index contributed by atoms with van der Waals surface area (Å²) in [5, 5.41) is 11.1. The van der Waals surface area contributed by atoms with E-state index in [4.69, 9.17) is 0 Å². The fourth-order valence-corrected chi connectivity index (χ4v) is 4.50. The van der Waals surface area contributed by atoms with Gasteiger partial charge in [-0.2, -0.15) is 4.31 Å². The summed E-state index contributed by atoms with van der Waals surface area (Å²) in [5.41, 5.74) is 0.546. The van der Waals surface area contributed by atoms with Crippen molar-refractivity contribution in [2.24, 2.45) is 0 Å². The second kappa shape index (κ2) is 7.67. The standard InChI is InChI=1S/C17H17F2N3O4S/c18-14-5-6-15(19)17(11-14)27(25,26)21-9-7-20(8-10-21)12-13-3-1-2-4-16(13)22(23)24/h1-6,11H,7-10,12H2. The third-order valence-electron chi connectivity index (χ3n) is 4.42. The van der Waals surface area contributed by atoms with Gasteiger partial charge in [-0.1, -0.05) is 18.2 Å². The van der Waals surface area contributed by atoms with Gasteiger partial charge >= 0.3 is 0 Å². The quantitative estimate of drug-likeness (QED) is 0.571. The van der Waals surface area contributed by atoms with E-state index in [-0.39, 0.29) is 18.8 Å². The van der Waals surface area contributed by atoms with E-state index in [1.165, 1.54) is 6.07 Å². The van der Waals surface area contributed by atoms with Crippen LogP contribution in [0, 0.1) is 21.7 Å². The van der Waals surface area contributed by atoms with Gasteiger partial charge in [0, 0.05) is 44.4 Å². The van der Waals surface area contributed by atoms with Crippen LogP contribution in [-0.4, -0.2) is 48.7 Å². The molecule has 0 saturated carbocycles. The van der Waals surface area contributed by atoms with Crippen molar-refractivity contribution in [3.05, 3.63) is 69.8 Å². The molecule has 2 aromatic carbocycles. The molecule has 0 aromatic heterocycles. The van der Waals surface area contributed by atoms with Gasteiger partial charge in [-0.25, -0.2) is 17.2 Å². The molecule has 0 radical (unpaired) electrons. The van der Waals surface area contributed by atoms with Crippen LogP contribution in [-0.2, 0) is 16.6 Å². The van der Waals surface area contributed by atoms with E-state index < -0.39 is 31.5 Å². The monoisotopic (exact) mass is 397 g/mol. The molecule has 1 aliphatic rings. The Morgan fingerprint density at radius 1 is 1.04 bits per heavy atom. The minimum absolute atomic E-state index is 0.00869. The first-order chi connectivity index (χ1) is 12.8. The number of para-hydroxylation sites is 1. The Balaban J connectivity index is 1.70. The number of rotatable bonds is 5. The minimum atomic E-state index is -4.15. The number of sulfonamides is 1. The maximum atomic E-state index is 13.9. The number of piperazine rings is 1. The van der Waals surface area contributed by atoms with Crippen molar-refractivity contribution in [1.82, 2.24) is 9.21 Å². The van der Waals surface area contributed by atoms with E-state index in [1.807, 2.05) is 4.90 Å². The van der Waals surface area contributed by atoms with Crippen LogP contribution in [0.25, 0.3) is 0 Å². The Morgan fingerprint density at radius 3 is 2.37 bits per heavy atom. The van der Waals surface area contributed by atoms with Crippen molar-refractivity contribution in [2.75, 3.05) is 26.2 Å². The zero-order valence-electron chi connectivity index (χ0n) is 14.2. The summed E-state index contributed by atoms with van der Waals surface area (Å²) in [5.74, 6) is -1.83. The first kappa shape index (κ1) is 19.3. The molecule has 144 valence electrons. The van der Waals surface area contributed by atoms with Crippen LogP contribution in [0.2, 0.25) is 0 Å². The van der Waals surface area contributed by atoms with E-state index in [9.17, 15) is 27.3 Å². The molecule has 0 atom stereocenters. The van der Waals surface area contributed by atoms with Gasteiger partial charge in [0.1, 0.15) is 16.5 Å². The summed E-state index contributed by atoms with van der Waals surface area (Å²) < 4.78 is 53.5. The maximum absolute atomic E-state index is 13.9. The number of benzene rings is 2. The van der Waals surface area contributed by atoms with Gasteiger partial charge in [-0.3, -0.25) is 15.0 Å². The van der Waals surface area contributed by atoms with Gasteiger partial charge in [0.2, 0.25) is 10.0 Å². The normalized spacial score (nSPS) is 16.4. The molecule has 0 amide bonds. The Kier molecular flexibility index (Phi) is 5.49. The summed E-state index contributed by atoms with van der Waals surface area (Å²) in [6.45, 7) is 1.11. The molecule has 1 heterocycles. The zero-order valence-corrected chi connectivity index (χ0v) is 15.0. The van der Waals surface area contributed by atoms with E-state index >= 15 is 0 Å². The maximum Gasteiger partial charge on any atom is 0.273 e. The summed E-state index contributed by atoms with van der Waals surface area (Å²) >= 11 is 0. The summed E-state index contributed by atoms with van der Waals surface area (Å²) in [7, 11) is -4.15. The van der Waals surface area contributed by atoms with Crippen molar-refractivity contribution in [2.45, 2.75) is 11.4 Å². The second-order valence-electron chi connectivity index (χ2n) is 6.14. The highest BCUT2D eigenvalue weighted by Crippen LogP contribution is 2.24. The Labute approximate surface area is 155 Å². The molecule has 2 aromatic rings. The molecule has 7 nitrogen and oxygen atoms in total. The van der Waals surface area contributed by atoms with Crippen LogP contribution < -0.4 is 0 Å². The minimum Gasteiger partial charge on any atom is -0.296 e. The van der Waals surface area contributed by atoms with Crippen LogP contribution in [0.5, 0.6) is 0 Å². The topological polar surface area (TPSA) is 83.8 Å². The number of hydrogen-bond acceptors (Lipinski definition) is 5. The fourth-order valence-electron chi connectivity index (χ4n) is 3.01. The molecular weight excluding hydrogens is 380 g/mol. The van der Waals surface area contributed by atoms with E-state index in [0.717, 1.165) is 16.4 Å². The van der Waals surface area contributed by atoms with Crippen LogP contribution in [0.3, 0.4) is 0 Å². The first-order valence-corrected chi connectivity index (χ1v) is 9.63. The van der Waals surface area contributed by atoms with Gasteiger partial charge in [-0.05, 0) is 18.2 Å². The smallest absolute Gasteiger partial charge is 0.273 e. The molecule has 0 bridgehead atoms. The van der Waals surface area contributed by atoms with Gasteiger partial charge in [0.05, 0.1) is 4.92 Å². The lowest BCUT2D eigenvalue weighted by atomic mass is 10.1. The highest BCUT2D eigenvalue weighted by atomic mass is 32.2. The number of nitrogens with zero attached hydrogens (tertiary/aromatic N) is 3. The molecule has 1 fully saturated rings. The molecule has 27 heavy (non-hydrogen) atoms. The van der Waals surface area contributed by atoms with Gasteiger partial charge in [-0.15, -0.1) is 0 Å². The molecule has 0 N–H and O–H groups in total. The predicted molar refractivity (Wildman–Crippen MR) is 93.5 cm³/mol. The predicted octanol–water partition coefficient (Wildman–Crippen LogP) is 2.38. The van der Waals surface area contributed by atoms with Gasteiger partial charge < -0.3 is 0 Å². The largest absolute Gasteiger partial charge is 0.296 e. The number of nitro benzene ring substituents is 1. The number of nitro groups is 1. The Morgan fingerprint density at radius 2 is 1.70 bits per heavy atom. The second-order valence-corrected chi connectivity index (χ2v) is 8.05. The van der Waals surface area contributed by atoms with Crippen molar-refractivity contribution in [1.29, 1.82) is 0 Å². The third kappa shape index (κ3) is 4.12. The third-order valence-corrected chi connectivity index (χ3v) is 6.34. The molecule has 1 saturated heterocycles. The van der Waals surface area contributed by atoms with E-state index in [2.05, 4.69) is 0 Å². The average Bonchev–Trinajstić information content (AvgIpc) is 2.64. The van der Waals surface area contributed by atoms with Crippen molar-refractivity contribution in [3.63, 3.8) is 0 Å². The average molecular weight is 397 g/mol. The van der Waals surface area contributed by atoms with Crippen molar-refractivity contribution in [3.8, 4) is 0 Å². The van der Waals surface area contributed by atoms with E-state index in [1.54, 1.807) is 18.2 Å². The summed E-state index contributed by atoms with van der Waals surface area (Å²) in [6, 6.07) is 8.68. The van der Waals surface area contributed by atoms with E-state index in [0.29, 0.717) is 31.3 Å². The van der Waals surface area contributed by atoms with Crippen LogP contribution in [0.1, 0.15) is 5.56 Å². The fraction of sp³-hybridized carbons (Fsp3) is 0.294. The van der Waals surface area contributed by atoms with Crippen molar-refractivity contribution >= 4 is 15.7 Å². The van der Waals surface area contributed by atoms with Crippen LogP contribution in [0.4, 0.5) is 14.5 Å². The molecule has 0 aliphatic carbocycles. The highest BCUT2D eigenvalue weighted by molar-refractivity contribution is 7.89. The highest BCUT2D eigenvalue weighted by Gasteiger charge is 2.31. The molecule has 3 rings (SSSR count). The van der Waals surface area contributed by atoms with Crippen LogP contribution >= 0.6 is 0 Å². The molecule has 0 spiro atoms. The van der Waals surface area contributed by atoms with Crippen LogP contribution in [0.15, 0.2) is 47.4 Å².